The Bertz CT molecular complexity index is 745. The van der Waals surface area contributed by atoms with E-state index in [1.54, 1.807) is 30.3 Å². The Hall–Kier alpha value is -2.83. The maximum absolute atomic E-state index is 12.7. The number of nitrogens with one attached hydrogen (secondary N) is 1. The van der Waals surface area contributed by atoms with Crippen LogP contribution in [0.25, 0.3) is 0 Å². The van der Waals surface area contributed by atoms with Crippen molar-refractivity contribution in [3.63, 3.8) is 0 Å². The van der Waals surface area contributed by atoms with Crippen molar-refractivity contribution in [3.05, 3.63) is 65.7 Å². The predicted molar refractivity (Wildman–Crippen MR) is 83.3 cm³/mol. The van der Waals surface area contributed by atoms with E-state index in [0.29, 0.717) is 0 Å². The van der Waals surface area contributed by atoms with Crippen LogP contribution in [0, 0.1) is 5.92 Å². The van der Waals surface area contributed by atoms with Crippen LogP contribution in [-0.4, -0.2) is 11.9 Å². The Morgan fingerprint density at radius 3 is 2.32 bits per heavy atom. The van der Waals surface area contributed by atoms with E-state index in [4.69, 9.17) is 0 Å². The predicted octanol–water partition coefficient (Wildman–Crippen LogP) is 2.64. The van der Waals surface area contributed by atoms with Gasteiger partial charge in [0.25, 0.3) is 0 Å². The van der Waals surface area contributed by atoms with Crippen LogP contribution in [0.2, 0.25) is 0 Å². The van der Waals surface area contributed by atoms with Crippen molar-refractivity contribution in [2.45, 2.75) is 19.0 Å². The Morgan fingerprint density at radius 1 is 1.04 bits per heavy atom. The van der Waals surface area contributed by atoms with Gasteiger partial charge < -0.3 is 15.2 Å². The summed E-state index contributed by atoms with van der Waals surface area (Å²) in [6, 6.07) is 12.9. The standard InChI is InChI=1S/C18H16F3NO3/c19-18(20,21)14-7-4-8-15(11-14)22-17(25)13(10-16(23)24)9-12-5-2-1-3-6-12/h1-8,11,13H,9-10H2,(H,22,25)(H,23,24)/p-1/t13-/m1/s1. The van der Waals surface area contributed by atoms with E-state index in [0.717, 1.165) is 17.7 Å². The summed E-state index contributed by atoms with van der Waals surface area (Å²) < 4.78 is 38.2. The van der Waals surface area contributed by atoms with Gasteiger partial charge >= 0.3 is 6.18 Å². The number of amides is 1. The van der Waals surface area contributed by atoms with Crippen LogP contribution in [0.15, 0.2) is 54.6 Å². The Balaban J connectivity index is 2.15. The number of hydrogen-bond donors (Lipinski definition) is 1. The third-order valence-electron chi connectivity index (χ3n) is 3.57. The monoisotopic (exact) mass is 350 g/mol. The molecule has 0 unspecified atom stereocenters. The zero-order chi connectivity index (χ0) is 18.4. The molecule has 2 aromatic carbocycles. The lowest BCUT2D eigenvalue weighted by atomic mass is 9.95. The van der Waals surface area contributed by atoms with Gasteiger partial charge in [0, 0.05) is 17.6 Å². The molecule has 25 heavy (non-hydrogen) atoms. The van der Waals surface area contributed by atoms with Gasteiger partial charge in [-0.25, -0.2) is 0 Å². The summed E-state index contributed by atoms with van der Waals surface area (Å²) in [6.07, 6.45) is -4.92. The molecule has 2 rings (SSSR count). The average Bonchev–Trinajstić information content (AvgIpc) is 2.54. The first-order valence-electron chi connectivity index (χ1n) is 7.47. The SMILES string of the molecule is O=C([O-])C[C@@H](Cc1ccccc1)C(=O)Nc1cccc(C(F)(F)F)c1. The first kappa shape index (κ1) is 18.5. The van der Waals surface area contributed by atoms with E-state index >= 15 is 0 Å². The summed E-state index contributed by atoms with van der Waals surface area (Å²) in [5.41, 5.74) is -0.200. The van der Waals surface area contributed by atoms with Gasteiger partial charge in [0.1, 0.15) is 0 Å². The van der Waals surface area contributed by atoms with Crippen molar-refractivity contribution in [2.24, 2.45) is 5.92 Å². The number of benzene rings is 2. The van der Waals surface area contributed by atoms with Crippen LogP contribution in [-0.2, 0) is 22.2 Å². The Labute approximate surface area is 142 Å². The summed E-state index contributed by atoms with van der Waals surface area (Å²) in [5, 5.41) is 13.3. The second-order valence-corrected chi connectivity index (χ2v) is 5.53. The number of hydrogen-bond acceptors (Lipinski definition) is 3. The maximum Gasteiger partial charge on any atom is 0.416 e. The Kier molecular flexibility index (Phi) is 5.80. The van der Waals surface area contributed by atoms with Crippen molar-refractivity contribution < 1.29 is 27.9 Å². The lowest BCUT2D eigenvalue weighted by Crippen LogP contribution is -2.32. The molecule has 0 aliphatic heterocycles. The van der Waals surface area contributed by atoms with Crippen molar-refractivity contribution in [2.75, 3.05) is 5.32 Å². The first-order chi connectivity index (χ1) is 11.8. The summed E-state index contributed by atoms with van der Waals surface area (Å²) in [4.78, 5) is 23.2. The van der Waals surface area contributed by atoms with Crippen molar-refractivity contribution in [1.82, 2.24) is 0 Å². The van der Waals surface area contributed by atoms with E-state index in [9.17, 15) is 27.9 Å². The molecule has 0 heterocycles. The van der Waals surface area contributed by atoms with Crippen molar-refractivity contribution in [3.8, 4) is 0 Å². The molecule has 0 bridgehead atoms. The highest BCUT2D eigenvalue weighted by Gasteiger charge is 2.30. The van der Waals surface area contributed by atoms with Crippen LogP contribution in [0.3, 0.4) is 0 Å². The highest BCUT2D eigenvalue weighted by molar-refractivity contribution is 5.94. The minimum absolute atomic E-state index is 0.0452. The fourth-order valence-electron chi connectivity index (χ4n) is 2.37. The van der Waals surface area contributed by atoms with Gasteiger partial charge in [0.2, 0.25) is 5.91 Å². The molecule has 7 heteroatoms. The van der Waals surface area contributed by atoms with Gasteiger partial charge in [-0.3, -0.25) is 4.79 Å². The van der Waals surface area contributed by atoms with Gasteiger partial charge in [0.05, 0.1) is 5.56 Å². The molecule has 0 saturated heterocycles. The molecular weight excluding hydrogens is 335 g/mol. The second kappa shape index (κ2) is 7.83. The molecular formula is C18H15F3NO3-. The van der Waals surface area contributed by atoms with Crippen LogP contribution >= 0.6 is 0 Å². The van der Waals surface area contributed by atoms with Gasteiger partial charge in [-0.15, -0.1) is 0 Å². The van der Waals surface area contributed by atoms with E-state index in [1.165, 1.54) is 12.1 Å². The highest BCUT2D eigenvalue weighted by Crippen LogP contribution is 2.30. The number of rotatable bonds is 6. The molecule has 0 aromatic heterocycles. The number of alkyl halides is 3. The van der Waals surface area contributed by atoms with Gasteiger partial charge in [-0.05, 0) is 36.6 Å². The number of carboxylic acid groups (broad SMARTS) is 1. The number of carbonyl (C=O) groups is 2. The largest absolute Gasteiger partial charge is 0.550 e. The van der Waals surface area contributed by atoms with E-state index in [1.807, 2.05) is 0 Å². The number of carboxylic acids is 1. The quantitative estimate of drug-likeness (QED) is 0.871. The number of halogens is 3. The van der Waals surface area contributed by atoms with Crippen LogP contribution in [0.4, 0.5) is 18.9 Å². The summed E-state index contributed by atoms with van der Waals surface area (Å²) >= 11 is 0. The van der Waals surface area contributed by atoms with Crippen molar-refractivity contribution in [1.29, 1.82) is 0 Å². The summed E-state index contributed by atoms with van der Waals surface area (Å²) in [5.74, 6) is -3.03. The Morgan fingerprint density at radius 2 is 1.72 bits per heavy atom. The van der Waals surface area contributed by atoms with Crippen LogP contribution < -0.4 is 10.4 Å². The van der Waals surface area contributed by atoms with Gasteiger partial charge in [-0.1, -0.05) is 36.4 Å². The van der Waals surface area contributed by atoms with E-state index < -0.39 is 36.0 Å². The summed E-state index contributed by atoms with van der Waals surface area (Å²) in [6.45, 7) is 0. The second-order valence-electron chi connectivity index (χ2n) is 5.53. The molecule has 0 radical (unpaired) electrons. The van der Waals surface area contributed by atoms with Crippen molar-refractivity contribution >= 4 is 17.6 Å². The number of aliphatic carboxylic acids is 1. The van der Waals surface area contributed by atoms with E-state index in [-0.39, 0.29) is 12.1 Å². The molecule has 1 N–H and O–H groups in total. The maximum atomic E-state index is 12.7. The minimum Gasteiger partial charge on any atom is -0.550 e. The third-order valence-corrected chi connectivity index (χ3v) is 3.57. The molecule has 1 atom stereocenters. The zero-order valence-electron chi connectivity index (χ0n) is 13.0. The third kappa shape index (κ3) is 5.63. The molecule has 2 aromatic rings. The molecule has 132 valence electrons. The number of carbonyl (C=O) groups excluding carboxylic acids is 2. The van der Waals surface area contributed by atoms with Crippen LogP contribution in [0.5, 0.6) is 0 Å². The fourth-order valence-corrected chi connectivity index (χ4v) is 2.37. The zero-order valence-corrected chi connectivity index (χ0v) is 13.0. The molecule has 0 saturated carbocycles. The molecule has 0 aliphatic carbocycles. The first-order valence-corrected chi connectivity index (χ1v) is 7.47. The fraction of sp³-hybridized carbons (Fsp3) is 0.222. The topological polar surface area (TPSA) is 69.2 Å². The van der Waals surface area contributed by atoms with Gasteiger partial charge in [-0.2, -0.15) is 13.2 Å². The lowest BCUT2D eigenvalue weighted by molar-refractivity contribution is -0.306. The normalized spacial score (nSPS) is 12.4. The molecule has 1 amide bonds. The average molecular weight is 350 g/mol. The van der Waals surface area contributed by atoms with Crippen LogP contribution in [0.1, 0.15) is 17.5 Å². The minimum atomic E-state index is -4.53. The smallest absolute Gasteiger partial charge is 0.416 e. The highest BCUT2D eigenvalue weighted by atomic mass is 19.4. The lowest BCUT2D eigenvalue weighted by Gasteiger charge is -2.18. The molecule has 0 spiro atoms. The number of anilines is 1. The van der Waals surface area contributed by atoms with Gasteiger partial charge in [0.15, 0.2) is 0 Å². The van der Waals surface area contributed by atoms with E-state index in [2.05, 4.69) is 5.32 Å². The molecule has 0 fully saturated rings. The molecule has 0 aliphatic rings. The summed E-state index contributed by atoms with van der Waals surface area (Å²) in [7, 11) is 0. The molecule has 4 nitrogen and oxygen atoms in total.